The number of nitrogens with zero attached hydrogens (tertiary/aromatic N) is 4. The van der Waals surface area contributed by atoms with Gasteiger partial charge in [-0.2, -0.15) is 10.7 Å². The van der Waals surface area contributed by atoms with Crippen LogP contribution >= 0.6 is 0 Å². The van der Waals surface area contributed by atoms with E-state index in [0.29, 0.717) is 0 Å². The summed E-state index contributed by atoms with van der Waals surface area (Å²) in [7, 11) is 1.36. The molecule has 1 aromatic carbocycles. The predicted octanol–water partition coefficient (Wildman–Crippen LogP) is -1.32. The molecule has 0 aliphatic rings. The van der Waals surface area contributed by atoms with Crippen molar-refractivity contribution < 1.29 is 39.2 Å². The quantitative estimate of drug-likeness (QED) is 0.176. The Morgan fingerprint density at radius 3 is 2.82 bits per heavy atom. The molecule has 0 aromatic heterocycles. The fourth-order valence-corrected chi connectivity index (χ4v) is 0.964. The molecule has 17 heavy (non-hydrogen) atoms. The van der Waals surface area contributed by atoms with Crippen molar-refractivity contribution in [3.63, 3.8) is 0 Å². The number of non-ortho nitro benzene ring substituents is 1. The number of ether oxygens (including phenoxy) is 1. The molecule has 0 radical (unpaired) electrons. The van der Waals surface area contributed by atoms with E-state index in [1.165, 1.54) is 25.3 Å². The third kappa shape index (κ3) is 4.36. The summed E-state index contributed by atoms with van der Waals surface area (Å²) in [5, 5.41) is 25.6. The molecule has 9 heteroatoms. The second kappa shape index (κ2) is 7.56. The minimum absolute atomic E-state index is 0. The van der Waals surface area contributed by atoms with E-state index in [4.69, 9.17) is 10.00 Å². The first-order valence-corrected chi connectivity index (χ1v) is 4.06. The van der Waals surface area contributed by atoms with Gasteiger partial charge in [0.15, 0.2) is 11.9 Å². The number of hydrogen-bond acceptors (Lipinski definition) is 6. The van der Waals surface area contributed by atoms with Gasteiger partial charge in [0.05, 0.1) is 18.1 Å². The molecule has 0 saturated carbocycles. The molecule has 0 aliphatic carbocycles. The molecular weight excluding hydrogens is 237 g/mol. The number of nitro groups is 1. The van der Waals surface area contributed by atoms with Gasteiger partial charge in [-0.15, -0.1) is 5.11 Å². The zero-order valence-electron chi connectivity index (χ0n) is 9.25. The van der Waals surface area contributed by atoms with Crippen molar-refractivity contribution in [2.75, 3.05) is 7.11 Å². The van der Waals surface area contributed by atoms with Crippen LogP contribution in [0.3, 0.4) is 0 Å². The van der Waals surface area contributed by atoms with Crippen molar-refractivity contribution in [3.05, 3.63) is 28.3 Å². The number of nitro benzene ring substituents is 1. The summed E-state index contributed by atoms with van der Waals surface area (Å²) >= 11 is 0. The second-order valence-electron chi connectivity index (χ2n) is 2.54. The first-order valence-electron chi connectivity index (χ1n) is 4.06. The third-order valence-electron chi connectivity index (χ3n) is 1.63. The van der Waals surface area contributed by atoms with Crippen LogP contribution in [0.2, 0.25) is 0 Å². The first kappa shape index (κ1) is 15.3. The van der Waals surface area contributed by atoms with Gasteiger partial charge in [0, 0.05) is 6.07 Å². The van der Waals surface area contributed by atoms with Crippen molar-refractivity contribution in [2.24, 2.45) is 10.3 Å². The van der Waals surface area contributed by atoms with Crippen LogP contribution in [0.4, 0.5) is 11.4 Å². The zero-order valence-corrected chi connectivity index (χ0v) is 11.2. The smallest absolute Gasteiger partial charge is 0.494 e. The number of nitriles is 1. The van der Waals surface area contributed by atoms with Gasteiger partial charge in [0.1, 0.15) is 5.69 Å². The molecule has 8 nitrogen and oxygen atoms in total. The Kier molecular flexibility index (Phi) is 6.81. The average Bonchev–Trinajstić information content (AvgIpc) is 2.29. The van der Waals surface area contributed by atoms with E-state index < -0.39 is 4.92 Å². The largest absolute Gasteiger partial charge is 1.00 e. The van der Waals surface area contributed by atoms with Crippen LogP contribution in [0.1, 0.15) is 0 Å². The maximum atomic E-state index is 10.5. The number of rotatable bonds is 4. The van der Waals surface area contributed by atoms with Crippen LogP contribution in [-0.2, 0) is 0 Å². The van der Waals surface area contributed by atoms with Gasteiger partial charge in [0.25, 0.3) is 5.69 Å². The first-order chi connectivity index (χ1) is 7.69. The molecule has 1 N–H and O–H groups in total. The van der Waals surface area contributed by atoms with Crippen molar-refractivity contribution in [3.8, 4) is 11.9 Å². The Morgan fingerprint density at radius 2 is 2.29 bits per heavy atom. The topological polar surface area (TPSA) is 113 Å². The maximum Gasteiger partial charge on any atom is 1.00 e. The normalized spacial score (nSPS) is 9.18. The van der Waals surface area contributed by atoms with E-state index in [2.05, 4.69) is 10.3 Å². The van der Waals surface area contributed by atoms with Crippen molar-refractivity contribution >= 4 is 11.4 Å². The van der Waals surface area contributed by atoms with Crippen molar-refractivity contribution in [2.45, 2.75) is 0 Å². The Bertz CT molecular complexity index is 471. The molecule has 0 heterocycles. The Labute approximate surface area is 119 Å². The maximum absolute atomic E-state index is 10.5. The summed E-state index contributed by atoms with van der Waals surface area (Å²) in [5.41, 5.74) is 2.14. The van der Waals surface area contributed by atoms with E-state index in [1.807, 2.05) is 5.43 Å². The van der Waals surface area contributed by atoms with Crippen LogP contribution in [0.5, 0.6) is 5.75 Å². The van der Waals surface area contributed by atoms with E-state index in [1.54, 1.807) is 6.19 Å². The molecule has 1 rings (SSSR count). The number of hydrogen-bond donors (Lipinski definition) is 1. The number of methoxy groups -OCH3 is 1. The molecule has 1 aromatic rings. The summed E-state index contributed by atoms with van der Waals surface area (Å²) < 4.78 is 4.90. The summed E-state index contributed by atoms with van der Waals surface area (Å²) in [4.78, 5) is 9.94. The molecule has 0 amide bonds. The Morgan fingerprint density at radius 1 is 1.59 bits per heavy atom. The van der Waals surface area contributed by atoms with Crippen molar-refractivity contribution in [1.29, 1.82) is 5.26 Å². The fourth-order valence-electron chi connectivity index (χ4n) is 0.964. The molecule has 0 bridgehead atoms. The Hall–Kier alpha value is -1.69. The number of nitrogens with one attached hydrogen (secondary N) is 1. The average molecular weight is 244 g/mol. The van der Waals surface area contributed by atoms with E-state index >= 15 is 0 Å². The molecule has 0 spiro atoms. The molecule has 0 saturated heterocycles. The van der Waals surface area contributed by atoms with E-state index in [0.717, 1.165) is 0 Å². The van der Waals surface area contributed by atoms with Crippen LogP contribution in [0.15, 0.2) is 28.5 Å². The third-order valence-corrected chi connectivity index (χ3v) is 1.63. The second-order valence-corrected chi connectivity index (χ2v) is 2.54. The Balaban J connectivity index is 0.00000256. The summed E-state index contributed by atoms with van der Waals surface area (Å²) in [6, 6.07) is 3.86. The van der Waals surface area contributed by atoms with Gasteiger partial charge in [0.2, 0.25) is 0 Å². The minimum atomic E-state index is -0.545. The summed E-state index contributed by atoms with van der Waals surface area (Å²) in [6.07, 6.45) is 1.55. The van der Waals surface area contributed by atoms with Gasteiger partial charge >= 0.3 is 29.6 Å². The molecule has 0 fully saturated rings. The summed E-state index contributed by atoms with van der Waals surface area (Å²) in [5.74, 6) is 0.206. The van der Waals surface area contributed by atoms with Gasteiger partial charge in [-0.1, -0.05) is 5.22 Å². The van der Waals surface area contributed by atoms with Crippen LogP contribution in [0.25, 0.3) is 0 Å². The van der Waals surface area contributed by atoms with E-state index in [9.17, 15) is 10.1 Å². The van der Waals surface area contributed by atoms with Gasteiger partial charge in [-0.25, -0.2) is 0 Å². The van der Waals surface area contributed by atoms with Crippen LogP contribution in [-0.4, -0.2) is 12.0 Å². The van der Waals surface area contributed by atoms with Crippen LogP contribution < -0.4 is 39.7 Å². The monoisotopic (exact) mass is 244 g/mol. The minimum Gasteiger partial charge on any atom is -0.494 e. The number of benzene rings is 1. The zero-order chi connectivity index (χ0) is 12.0. The fraction of sp³-hybridized carbons (Fsp3) is 0.125. The molecule has 0 aliphatic heterocycles. The molecular formula is C8H7N5NaO3+. The van der Waals surface area contributed by atoms with E-state index in [-0.39, 0.29) is 46.7 Å². The summed E-state index contributed by atoms with van der Waals surface area (Å²) in [6.45, 7) is 0. The molecule has 82 valence electrons. The molecule has 0 atom stereocenters. The molecule has 0 unspecified atom stereocenters. The standard InChI is InChI=1S/C8H7N5O3.Na/c1-16-8-4-6(13(14)15)2-3-7(8)11-12-10-5-9;/h2-4H,1H3,(H,10,11);/q;+1. The predicted molar refractivity (Wildman–Crippen MR) is 52.9 cm³/mol. The van der Waals surface area contributed by atoms with Crippen molar-refractivity contribution in [1.82, 2.24) is 5.43 Å². The van der Waals surface area contributed by atoms with Gasteiger partial charge in [-0.05, 0) is 6.07 Å². The van der Waals surface area contributed by atoms with Gasteiger partial charge in [-0.3, -0.25) is 10.1 Å². The van der Waals surface area contributed by atoms with Crippen LogP contribution in [0, 0.1) is 21.6 Å². The SMILES string of the molecule is COc1cc([N+](=O)[O-])ccc1N=NNC#N.[Na+]. The van der Waals surface area contributed by atoms with Gasteiger partial charge < -0.3 is 4.74 Å².